The van der Waals surface area contributed by atoms with Crippen molar-refractivity contribution in [2.45, 2.75) is 65.0 Å². The van der Waals surface area contributed by atoms with E-state index < -0.39 is 0 Å². The van der Waals surface area contributed by atoms with Gasteiger partial charge in [0.05, 0.1) is 6.04 Å². The second-order valence-electron chi connectivity index (χ2n) is 6.50. The second-order valence-corrected chi connectivity index (χ2v) is 6.50. The van der Waals surface area contributed by atoms with E-state index >= 15 is 0 Å². The standard InChI is InChI=1S/C21H29NO2/c1-4-5-6-7-11-16(2)24-21(23)22-17(3)19-15-10-13-18-12-8-9-14-20(18)19/h8-10,12-17H,4-7,11H2,1-3H3,(H,22,23). The molecule has 2 aromatic carbocycles. The molecular weight excluding hydrogens is 298 g/mol. The molecule has 0 spiro atoms. The highest BCUT2D eigenvalue weighted by Crippen LogP contribution is 2.24. The van der Waals surface area contributed by atoms with Crippen LogP contribution >= 0.6 is 0 Å². The molecule has 0 aliphatic carbocycles. The first-order chi connectivity index (χ1) is 11.6. The minimum Gasteiger partial charge on any atom is -0.447 e. The van der Waals surface area contributed by atoms with Crippen LogP contribution in [0.25, 0.3) is 10.8 Å². The van der Waals surface area contributed by atoms with Crippen LogP contribution < -0.4 is 5.32 Å². The van der Waals surface area contributed by atoms with Gasteiger partial charge >= 0.3 is 6.09 Å². The number of carbonyl (C=O) groups is 1. The average molecular weight is 327 g/mol. The van der Waals surface area contributed by atoms with Crippen molar-refractivity contribution >= 4 is 16.9 Å². The Bertz CT molecular complexity index is 648. The zero-order valence-corrected chi connectivity index (χ0v) is 15.0. The summed E-state index contributed by atoms with van der Waals surface area (Å²) in [7, 11) is 0. The van der Waals surface area contributed by atoms with Crippen LogP contribution in [-0.4, -0.2) is 12.2 Å². The Morgan fingerprint density at radius 2 is 1.79 bits per heavy atom. The normalized spacial score (nSPS) is 13.5. The predicted molar refractivity (Wildman–Crippen MR) is 100 cm³/mol. The van der Waals surface area contributed by atoms with Crippen molar-refractivity contribution in [1.29, 1.82) is 0 Å². The molecule has 3 heteroatoms. The SMILES string of the molecule is CCCCCCC(C)OC(=O)NC(C)c1cccc2ccccc12. The first kappa shape index (κ1) is 18.3. The van der Waals surface area contributed by atoms with E-state index in [1.807, 2.05) is 32.0 Å². The number of nitrogens with one attached hydrogen (secondary N) is 1. The van der Waals surface area contributed by atoms with Crippen molar-refractivity contribution in [2.75, 3.05) is 0 Å². The largest absolute Gasteiger partial charge is 0.447 e. The molecule has 2 aromatic rings. The lowest BCUT2D eigenvalue weighted by molar-refractivity contribution is 0.0981. The Kier molecular flexibility index (Phi) is 7.10. The molecule has 3 nitrogen and oxygen atoms in total. The van der Waals surface area contributed by atoms with Crippen LogP contribution in [0.3, 0.4) is 0 Å². The van der Waals surface area contributed by atoms with E-state index in [4.69, 9.17) is 4.74 Å². The van der Waals surface area contributed by atoms with Crippen LogP contribution in [0, 0.1) is 0 Å². The number of hydrogen-bond donors (Lipinski definition) is 1. The van der Waals surface area contributed by atoms with Crippen LogP contribution in [0.2, 0.25) is 0 Å². The van der Waals surface area contributed by atoms with Crippen LogP contribution in [-0.2, 0) is 4.74 Å². The summed E-state index contributed by atoms with van der Waals surface area (Å²) in [5, 5.41) is 5.31. The zero-order chi connectivity index (χ0) is 17.4. The average Bonchev–Trinajstić information content (AvgIpc) is 2.58. The van der Waals surface area contributed by atoms with Gasteiger partial charge in [0.25, 0.3) is 0 Å². The van der Waals surface area contributed by atoms with Gasteiger partial charge in [0.2, 0.25) is 0 Å². The molecule has 0 aromatic heterocycles. The molecule has 0 saturated carbocycles. The summed E-state index contributed by atoms with van der Waals surface area (Å²) in [5.74, 6) is 0. The minimum atomic E-state index is -0.335. The topological polar surface area (TPSA) is 38.3 Å². The van der Waals surface area contributed by atoms with E-state index in [0.29, 0.717) is 0 Å². The number of ether oxygens (including phenoxy) is 1. The Morgan fingerprint density at radius 1 is 1.04 bits per heavy atom. The van der Waals surface area contributed by atoms with Gasteiger partial charge in [0.1, 0.15) is 6.10 Å². The number of alkyl carbamates (subject to hydrolysis) is 1. The first-order valence-corrected chi connectivity index (χ1v) is 9.06. The van der Waals surface area contributed by atoms with E-state index in [-0.39, 0.29) is 18.2 Å². The third-order valence-corrected chi connectivity index (χ3v) is 4.40. The monoisotopic (exact) mass is 327 g/mol. The molecule has 1 amide bonds. The maximum absolute atomic E-state index is 12.1. The second kappa shape index (κ2) is 9.31. The maximum atomic E-state index is 12.1. The van der Waals surface area contributed by atoms with E-state index in [9.17, 15) is 4.79 Å². The van der Waals surface area contributed by atoms with Gasteiger partial charge in [0.15, 0.2) is 0 Å². The Hall–Kier alpha value is -2.03. The summed E-state index contributed by atoms with van der Waals surface area (Å²) in [5.41, 5.74) is 1.11. The molecule has 0 aliphatic rings. The fourth-order valence-electron chi connectivity index (χ4n) is 3.02. The van der Waals surface area contributed by atoms with Crippen molar-refractivity contribution in [3.63, 3.8) is 0 Å². The molecule has 24 heavy (non-hydrogen) atoms. The van der Waals surface area contributed by atoms with Gasteiger partial charge < -0.3 is 10.1 Å². The van der Waals surface area contributed by atoms with Crippen molar-refractivity contribution < 1.29 is 9.53 Å². The lowest BCUT2D eigenvalue weighted by Gasteiger charge is -2.19. The lowest BCUT2D eigenvalue weighted by Crippen LogP contribution is -2.30. The molecule has 0 fully saturated rings. The molecule has 0 radical (unpaired) electrons. The molecule has 0 saturated heterocycles. The number of carbonyl (C=O) groups excluding carboxylic acids is 1. The van der Waals surface area contributed by atoms with Gasteiger partial charge in [-0.2, -0.15) is 0 Å². The smallest absolute Gasteiger partial charge is 0.407 e. The summed E-state index contributed by atoms with van der Waals surface area (Å²) < 4.78 is 5.48. The molecule has 0 bridgehead atoms. The first-order valence-electron chi connectivity index (χ1n) is 9.06. The van der Waals surface area contributed by atoms with E-state index in [2.05, 4.69) is 36.5 Å². The lowest BCUT2D eigenvalue weighted by atomic mass is 10.00. The number of unbranched alkanes of at least 4 members (excludes halogenated alkanes) is 3. The summed E-state index contributed by atoms with van der Waals surface area (Å²) in [6, 6.07) is 14.3. The maximum Gasteiger partial charge on any atom is 0.407 e. The Labute approximate surface area is 145 Å². The zero-order valence-electron chi connectivity index (χ0n) is 15.0. The van der Waals surface area contributed by atoms with Crippen LogP contribution in [0.5, 0.6) is 0 Å². The van der Waals surface area contributed by atoms with Gasteiger partial charge in [-0.3, -0.25) is 0 Å². The summed E-state index contributed by atoms with van der Waals surface area (Å²) in [6.45, 7) is 6.16. The van der Waals surface area contributed by atoms with E-state index in [1.165, 1.54) is 30.0 Å². The van der Waals surface area contributed by atoms with Gasteiger partial charge in [-0.15, -0.1) is 0 Å². The fourth-order valence-corrected chi connectivity index (χ4v) is 3.02. The molecule has 2 rings (SSSR count). The van der Waals surface area contributed by atoms with E-state index in [1.54, 1.807) is 0 Å². The number of hydrogen-bond acceptors (Lipinski definition) is 2. The van der Waals surface area contributed by atoms with Gasteiger partial charge in [0, 0.05) is 0 Å². The van der Waals surface area contributed by atoms with Crippen LogP contribution in [0.1, 0.15) is 64.5 Å². The molecule has 2 atom stereocenters. The minimum absolute atomic E-state index is 0.0402. The van der Waals surface area contributed by atoms with Crippen molar-refractivity contribution in [1.82, 2.24) is 5.32 Å². The van der Waals surface area contributed by atoms with Gasteiger partial charge in [-0.25, -0.2) is 4.79 Å². The predicted octanol–water partition coefficient (Wildman–Crippen LogP) is 5.99. The Balaban J connectivity index is 1.89. The Morgan fingerprint density at radius 3 is 2.58 bits per heavy atom. The highest BCUT2D eigenvalue weighted by atomic mass is 16.6. The molecule has 1 N–H and O–H groups in total. The van der Waals surface area contributed by atoms with Crippen molar-refractivity contribution in [3.8, 4) is 0 Å². The fraction of sp³-hybridized carbons (Fsp3) is 0.476. The highest BCUT2D eigenvalue weighted by Gasteiger charge is 2.15. The number of benzene rings is 2. The highest BCUT2D eigenvalue weighted by molar-refractivity contribution is 5.86. The number of fused-ring (bicyclic) bond motifs is 1. The van der Waals surface area contributed by atoms with Crippen molar-refractivity contribution in [3.05, 3.63) is 48.0 Å². The molecule has 0 heterocycles. The number of amides is 1. The third-order valence-electron chi connectivity index (χ3n) is 4.40. The quantitative estimate of drug-likeness (QED) is 0.605. The van der Waals surface area contributed by atoms with Crippen LogP contribution in [0.4, 0.5) is 4.79 Å². The van der Waals surface area contributed by atoms with E-state index in [0.717, 1.165) is 18.4 Å². The molecule has 0 aliphatic heterocycles. The molecular formula is C21H29NO2. The van der Waals surface area contributed by atoms with Crippen LogP contribution in [0.15, 0.2) is 42.5 Å². The summed E-state index contributed by atoms with van der Waals surface area (Å²) in [4.78, 5) is 12.1. The van der Waals surface area contributed by atoms with Gasteiger partial charge in [-0.1, -0.05) is 68.7 Å². The van der Waals surface area contributed by atoms with Gasteiger partial charge in [-0.05, 0) is 43.0 Å². The van der Waals surface area contributed by atoms with Crippen molar-refractivity contribution in [2.24, 2.45) is 0 Å². The number of rotatable bonds is 8. The third kappa shape index (κ3) is 5.26. The summed E-state index contributed by atoms with van der Waals surface area (Å²) in [6.07, 6.45) is 5.34. The molecule has 130 valence electrons. The summed E-state index contributed by atoms with van der Waals surface area (Å²) >= 11 is 0. The molecule has 2 unspecified atom stereocenters.